The van der Waals surface area contributed by atoms with E-state index in [0.717, 1.165) is 63.3 Å². The number of aromatic nitrogens is 2. The van der Waals surface area contributed by atoms with Crippen molar-refractivity contribution in [2.75, 3.05) is 53.1 Å². The molecule has 2 heterocycles. The Morgan fingerprint density at radius 2 is 1.93 bits per heavy atom. The van der Waals surface area contributed by atoms with Crippen molar-refractivity contribution in [2.45, 2.75) is 53.2 Å². The first kappa shape index (κ1) is 26.1. The Kier molecular flexibility index (Phi) is 11.4. The van der Waals surface area contributed by atoms with Gasteiger partial charge in [0.15, 0.2) is 5.96 Å². The lowest BCUT2D eigenvalue weighted by atomic mass is 10.0. The standard InChI is InChI=1S/C20H38N6O2.HI/c1-7-21-19(23-15-20(4,5)25-8-12-28-13-9-25)22-14-18-16(2)24-26(17(18)3)10-11-27-6;/h7-15H2,1-6H3,(H2,21,22,23);1H. The summed E-state index contributed by atoms with van der Waals surface area (Å²) < 4.78 is 12.7. The molecule has 0 spiro atoms. The predicted molar refractivity (Wildman–Crippen MR) is 128 cm³/mol. The fourth-order valence-electron chi connectivity index (χ4n) is 3.44. The van der Waals surface area contributed by atoms with Crippen LogP contribution in [0.15, 0.2) is 4.99 Å². The lowest BCUT2D eigenvalue weighted by Crippen LogP contribution is -2.56. The zero-order valence-electron chi connectivity index (χ0n) is 18.9. The maximum absolute atomic E-state index is 5.48. The van der Waals surface area contributed by atoms with E-state index < -0.39 is 0 Å². The minimum absolute atomic E-state index is 0. The SMILES string of the molecule is CCNC(=NCc1c(C)nn(CCOC)c1C)NCC(C)(C)N1CCOCC1.I. The topological polar surface area (TPSA) is 75.9 Å². The molecular weight excluding hydrogens is 483 g/mol. The first-order valence-corrected chi connectivity index (χ1v) is 10.3. The molecule has 1 fully saturated rings. The van der Waals surface area contributed by atoms with E-state index >= 15 is 0 Å². The van der Waals surface area contributed by atoms with E-state index in [2.05, 4.69) is 48.3 Å². The van der Waals surface area contributed by atoms with Gasteiger partial charge in [0.25, 0.3) is 0 Å². The van der Waals surface area contributed by atoms with Crippen molar-refractivity contribution >= 4 is 29.9 Å². The molecule has 0 aromatic carbocycles. The summed E-state index contributed by atoms with van der Waals surface area (Å²) in [6.45, 7) is 18.0. The number of guanidine groups is 1. The Morgan fingerprint density at radius 3 is 2.55 bits per heavy atom. The van der Waals surface area contributed by atoms with Gasteiger partial charge in [-0.15, -0.1) is 24.0 Å². The number of rotatable bonds is 9. The molecule has 168 valence electrons. The molecule has 0 bridgehead atoms. The van der Waals surface area contributed by atoms with E-state index in [4.69, 9.17) is 14.5 Å². The molecule has 1 aliphatic rings. The third kappa shape index (κ3) is 7.69. The molecule has 8 nitrogen and oxygen atoms in total. The van der Waals surface area contributed by atoms with Crippen LogP contribution in [0.3, 0.4) is 0 Å². The molecule has 0 saturated carbocycles. The number of nitrogens with one attached hydrogen (secondary N) is 2. The lowest BCUT2D eigenvalue weighted by Gasteiger charge is -2.41. The number of aryl methyl sites for hydroxylation is 1. The number of methoxy groups -OCH3 is 1. The highest BCUT2D eigenvalue weighted by molar-refractivity contribution is 14.0. The molecule has 2 rings (SSSR count). The fourth-order valence-corrected chi connectivity index (χ4v) is 3.44. The lowest BCUT2D eigenvalue weighted by molar-refractivity contribution is -0.00834. The highest BCUT2D eigenvalue weighted by Gasteiger charge is 2.28. The fraction of sp³-hybridized carbons (Fsp3) is 0.800. The van der Waals surface area contributed by atoms with Crippen molar-refractivity contribution in [3.8, 4) is 0 Å². The Labute approximate surface area is 192 Å². The van der Waals surface area contributed by atoms with Gasteiger partial charge in [0, 0.05) is 50.1 Å². The number of hydrogen-bond acceptors (Lipinski definition) is 5. The Bertz CT molecular complexity index is 641. The first-order valence-electron chi connectivity index (χ1n) is 10.3. The van der Waals surface area contributed by atoms with E-state index in [1.807, 2.05) is 11.6 Å². The van der Waals surface area contributed by atoms with Crippen LogP contribution in [0.25, 0.3) is 0 Å². The molecule has 1 aromatic rings. The third-order valence-corrected chi connectivity index (χ3v) is 5.33. The summed E-state index contributed by atoms with van der Waals surface area (Å²) in [6.07, 6.45) is 0. The van der Waals surface area contributed by atoms with Gasteiger partial charge in [0.1, 0.15) is 0 Å². The van der Waals surface area contributed by atoms with Crippen LogP contribution in [0, 0.1) is 13.8 Å². The van der Waals surface area contributed by atoms with Gasteiger partial charge in [-0.25, -0.2) is 4.99 Å². The van der Waals surface area contributed by atoms with Gasteiger partial charge in [-0.3, -0.25) is 9.58 Å². The van der Waals surface area contributed by atoms with Crippen molar-refractivity contribution in [1.29, 1.82) is 0 Å². The minimum atomic E-state index is 0. The summed E-state index contributed by atoms with van der Waals surface area (Å²) in [5.74, 6) is 0.840. The van der Waals surface area contributed by atoms with Crippen LogP contribution >= 0.6 is 24.0 Å². The summed E-state index contributed by atoms with van der Waals surface area (Å²) in [7, 11) is 1.71. The molecule has 1 saturated heterocycles. The predicted octanol–water partition coefficient (Wildman–Crippen LogP) is 1.93. The first-order chi connectivity index (χ1) is 13.4. The molecule has 0 aliphatic carbocycles. The molecule has 0 unspecified atom stereocenters. The van der Waals surface area contributed by atoms with E-state index in [1.165, 1.54) is 5.56 Å². The van der Waals surface area contributed by atoms with Gasteiger partial charge >= 0.3 is 0 Å². The molecule has 1 aliphatic heterocycles. The van der Waals surface area contributed by atoms with Crippen LogP contribution in [0.1, 0.15) is 37.7 Å². The van der Waals surface area contributed by atoms with Gasteiger partial charge in [0.2, 0.25) is 0 Å². The Hall–Kier alpha value is -0.910. The summed E-state index contributed by atoms with van der Waals surface area (Å²) >= 11 is 0. The second kappa shape index (κ2) is 12.7. The molecule has 2 N–H and O–H groups in total. The average molecular weight is 522 g/mol. The zero-order chi connectivity index (χ0) is 20.6. The van der Waals surface area contributed by atoms with Crippen LogP contribution in [0.4, 0.5) is 0 Å². The second-order valence-corrected chi connectivity index (χ2v) is 7.83. The smallest absolute Gasteiger partial charge is 0.191 e. The maximum atomic E-state index is 5.48. The van der Waals surface area contributed by atoms with Crippen molar-refractivity contribution in [3.05, 3.63) is 17.0 Å². The van der Waals surface area contributed by atoms with Crippen molar-refractivity contribution in [3.63, 3.8) is 0 Å². The van der Waals surface area contributed by atoms with E-state index in [1.54, 1.807) is 7.11 Å². The van der Waals surface area contributed by atoms with Crippen LogP contribution in [0.5, 0.6) is 0 Å². The third-order valence-electron chi connectivity index (χ3n) is 5.33. The molecule has 1 aromatic heterocycles. The van der Waals surface area contributed by atoms with Gasteiger partial charge in [-0.1, -0.05) is 0 Å². The van der Waals surface area contributed by atoms with Gasteiger partial charge in [-0.05, 0) is 34.6 Å². The number of halogens is 1. The molecule has 0 amide bonds. The van der Waals surface area contributed by atoms with Crippen molar-refractivity contribution in [2.24, 2.45) is 4.99 Å². The number of ether oxygens (including phenoxy) is 2. The largest absolute Gasteiger partial charge is 0.383 e. The summed E-state index contributed by atoms with van der Waals surface area (Å²) in [6, 6.07) is 0. The van der Waals surface area contributed by atoms with E-state index in [-0.39, 0.29) is 29.5 Å². The highest BCUT2D eigenvalue weighted by Crippen LogP contribution is 2.16. The van der Waals surface area contributed by atoms with Crippen molar-refractivity contribution < 1.29 is 9.47 Å². The van der Waals surface area contributed by atoms with E-state index in [0.29, 0.717) is 13.2 Å². The van der Waals surface area contributed by atoms with Gasteiger partial charge < -0.3 is 20.1 Å². The second-order valence-electron chi connectivity index (χ2n) is 7.83. The normalized spacial score (nSPS) is 15.9. The van der Waals surface area contributed by atoms with Gasteiger partial charge in [-0.2, -0.15) is 5.10 Å². The number of nitrogens with zero attached hydrogens (tertiary/aromatic N) is 4. The molecular formula is C20H39IN6O2. The Morgan fingerprint density at radius 1 is 1.24 bits per heavy atom. The zero-order valence-corrected chi connectivity index (χ0v) is 21.2. The Balaban J connectivity index is 0.00000420. The maximum Gasteiger partial charge on any atom is 0.191 e. The van der Waals surface area contributed by atoms with Crippen LogP contribution in [-0.2, 0) is 22.6 Å². The van der Waals surface area contributed by atoms with Crippen molar-refractivity contribution in [1.82, 2.24) is 25.3 Å². The van der Waals surface area contributed by atoms with Crippen LogP contribution < -0.4 is 10.6 Å². The number of hydrogen-bond donors (Lipinski definition) is 2. The molecule has 9 heteroatoms. The number of morpholine rings is 1. The van der Waals surface area contributed by atoms with Crippen LogP contribution in [0.2, 0.25) is 0 Å². The van der Waals surface area contributed by atoms with Gasteiger partial charge in [0.05, 0.1) is 38.6 Å². The summed E-state index contributed by atoms with van der Waals surface area (Å²) in [5.41, 5.74) is 3.40. The highest BCUT2D eigenvalue weighted by atomic mass is 127. The van der Waals surface area contributed by atoms with E-state index in [9.17, 15) is 0 Å². The quantitative estimate of drug-likeness (QED) is 0.294. The number of aliphatic imine (C=N–C) groups is 1. The average Bonchev–Trinajstić information content (AvgIpc) is 2.96. The monoisotopic (exact) mass is 522 g/mol. The molecule has 29 heavy (non-hydrogen) atoms. The molecule has 0 atom stereocenters. The molecule has 0 radical (unpaired) electrons. The minimum Gasteiger partial charge on any atom is -0.383 e. The summed E-state index contributed by atoms with van der Waals surface area (Å²) in [5, 5.41) is 11.5. The summed E-state index contributed by atoms with van der Waals surface area (Å²) in [4.78, 5) is 7.29. The van der Waals surface area contributed by atoms with Crippen LogP contribution in [-0.4, -0.2) is 79.3 Å².